The first-order valence-electron chi connectivity index (χ1n) is 15.6. The number of likely N-dealkylation sites (tertiary alicyclic amines) is 1. The lowest BCUT2D eigenvalue weighted by Gasteiger charge is -2.35. The van der Waals surface area contributed by atoms with Gasteiger partial charge in [0.2, 0.25) is 0 Å². The van der Waals surface area contributed by atoms with Crippen molar-refractivity contribution >= 4 is 0 Å². The van der Waals surface area contributed by atoms with Gasteiger partial charge in [0.05, 0.1) is 25.2 Å². The number of unbranched alkanes of at least 4 members (excludes halogenated alkanes) is 3. The monoisotopic (exact) mass is 546 g/mol. The van der Waals surface area contributed by atoms with Crippen molar-refractivity contribution in [1.82, 2.24) is 9.80 Å². The highest BCUT2D eigenvalue weighted by Gasteiger charge is 2.52. The van der Waals surface area contributed by atoms with Gasteiger partial charge in [0, 0.05) is 25.1 Å². The molecule has 1 spiro atoms. The summed E-state index contributed by atoms with van der Waals surface area (Å²) in [6.07, 6.45) is 14.2. The Morgan fingerprint density at radius 1 is 0.950 bits per heavy atom. The second-order valence-corrected chi connectivity index (χ2v) is 12.2. The largest absolute Gasteiger partial charge is 0.494 e. The molecular formula is C34H46N2O4. The van der Waals surface area contributed by atoms with Crippen LogP contribution in [-0.2, 0) is 18.5 Å². The van der Waals surface area contributed by atoms with Crippen LogP contribution in [0.4, 0.5) is 0 Å². The van der Waals surface area contributed by atoms with Crippen molar-refractivity contribution < 1.29 is 19.3 Å². The molecule has 3 heterocycles. The van der Waals surface area contributed by atoms with Gasteiger partial charge in [-0.25, -0.2) is 0 Å². The summed E-state index contributed by atoms with van der Waals surface area (Å²) < 4.78 is 18.1. The molecule has 2 aromatic rings. The Balaban J connectivity index is 0.945. The standard InChI is InChI=1S/C34H46N2O4/c1-38-30-14-11-27-25-36(21-17-34-16-15-28(37)23-31(34)40-33(30)32(27)34)20-5-2-3-8-22-39-29-12-9-26(10-13-29)24-35-18-6-4-7-19-35/h9-16,28,31,37H,2-8,17-25H2,1H3/t28?,31-,34-/m0/s1. The van der Waals surface area contributed by atoms with Gasteiger partial charge in [-0.15, -0.1) is 0 Å². The number of nitrogens with zero attached hydrogens (tertiary/aromatic N) is 2. The molecular weight excluding hydrogens is 500 g/mol. The number of methoxy groups -OCH3 is 1. The summed E-state index contributed by atoms with van der Waals surface area (Å²) in [5, 5.41) is 10.3. The summed E-state index contributed by atoms with van der Waals surface area (Å²) in [6.45, 7) is 7.40. The molecule has 40 heavy (non-hydrogen) atoms. The van der Waals surface area contributed by atoms with Crippen LogP contribution in [0.15, 0.2) is 48.6 Å². The zero-order valence-electron chi connectivity index (χ0n) is 24.2. The number of ether oxygens (including phenoxy) is 3. The second-order valence-electron chi connectivity index (χ2n) is 12.2. The fraction of sp³-hybridized carbons (Fsp3) is 0.588. The van der Waals surface area contributed by atoms with Crippen LogP contribution in [0.2, 0.25) is 0 Å². The number of rotatable bonds is 11. The van der Waals surface area contributed by atoms with Crippen molar-refractivity contribution in [2.45, 2.75) is 88.5 Å². The summed E-state index contributed by atoms with van der Waals surface area (Å²) in [7, 11) is 1.71. The molecule has 0 radical (unpaired) electrons. The second kappa shape index (κ2) is 12.5. The first-order valence-corrected chi connectivity index (χ1v) is 15.6. The van der Waals surface area contributed by atoms with E-state index in [-0.39, 0.29) is 11.5 Å². The third kappa shape index (κ3) is 5.90. The molecule has 216 valence electrons. The van der Waals surface area contributed by atoms with E-state index in [1.807, 2.05) is 12.1 Å². The van der Waals surface area contributed by atoms with Crippen molar-refractivity contribution in [2.24, 2.45) is 0 Å². The van der Waals surface area contributed by atoms with Gasteiger partial charge in [0.1, 0.15) is 11.9 Å². The number of piperidine rings is 1. The molecule has 0 amide bonds. The van der Waals surface area contributed by atoms with Gasteiger partial charge in [-0.1, -0.05) is 49.6 Å². The van der Waals surface area contributed by atoms with Crippen LogP contribution < -0.4 is 14.2 Å². The minimum atomic E-state index is -0.438. The Labute approximate surface area is 239 Å². The molecule has 2 aromatic carbocycles. The fourth-order valence-electron chi connectivity index (χ4n) is 7.23. The molecule has 6 rings (SSSR count). The summed E-state index contributed by atoms with van der Waals surface area (Å²) in [6, 6.07) is 13.0. The van der Waals surface area contributed by atoms with Gasteiger partial charge in [-0.05, 0) is 87.6 Å². The highest BCUT2D eigenvalue weighted by molar-refractivity contribution is 5.61. The van der Waals surface area contributed by atoms with E-state index in [4.69, 9.17) is 14.2 Å². The average molecular weight is 547 g/mol. The van der Waals surface area contributed by atoms with E-state index < -0.39 is 6.10 Å². The van der Waals surface area contributed by atoms with Crippen LogP contribution in [0, 0.1) is 0 Å². The topological polar surface area (TPSA) is 54.4 Å². The molecule has 6 nitrogen and oxygen atoms in total. The van der Waals surface area contributed by atoms with E-state index >= 15 is 0 Å². The van der Waals surface area contributed by atoms with Crippen LogP contribution in [0.1, 0.15) is 74.5 Å². The van der Waals surface area contributed by atoms with Crippen LogP contribution >= 0.6 is 0 Å². The smallest absolute Gasteiger partial charge is 0.166 e. The molecule has 3 aliphatic heterocycles. The summed E-state index contributed by atoms with van der Waals surface area (Å²) in [5.41, 5.74) is 3.86. The quantitative estimate of drug-likeness (QED) is 0.282. The highest BCUT2D eigenvalue weighted by atomic mass is 16.5. The van der Waals surface area contributed by atoms with Gasteiger partial charge < -0.3 is 19.3 Å². The lowest BCUT2D eigenvalue weighted by Crippen LogP contribution is -2.43. The molecule has 3 atom stereocenters. The number of hydrogen-bond acceptors (Lipinski definition) is 6. The van der Waals surface area contributed by atoms with Crippen LogP contribution in [-0.4, -0.2) is 67.0 Å². The summed E-state index contributed by atoms with van der Waals surface area (Å²) >= 11 is 0. The maximum Gasteiger partial charge on any atom is 0.166 e. The molecule has 1 fully saturated rings. The molecule has 1 N–H and O–H groups in total. The zero-order chi connectivity index (χ0) is 27.4. The van der Waals surface area contributed by atoms with Gasteiger partial charge in [-0.3, -0.25) is 9.80 Å². The first kappa shape index (κ1) is 27.6. The summed E-state index contributed by atoms with van der Waals surface area (Å²) in [5.74, 6) is 2.69. The predicted octanol–water partition coefficient (Wildman–Crippen LogP) is 5.85. The normalized spacial score (nSPS) is 26.1. The minimum absolute atomic E-state index is 0.0247. The minimum Gasteiger partial charge on any atom is -0.494 e. The Morgan fingerprint density at radius 2 is 1.77 bits per heavy atom. The Bertz CT molecular complexity index is 1160. The Morgan fingerprint density at radius 3 is 2.60 bits per heavy atom. The maximum atomic E-state index is 10.3. The van der Waals surface area contributed by atoms with E-state index in [9.17, 15) is 5.11 Å². The zero-order valence-corrected chi connectivity index (χ0v) is 24.2. The Kier molecular flexibility index (Phi) is 8.66. The maximum absolute atomic E-state index is 10.3. The highest BCUT2D eigenvalue weighted by Crippen LogP contribution is 2.55. The molecule has 0 bridgehead atoms. The van der Waals surface area contributed by atoms with E-state index in [0.717, 1.165) is 62.9 Å². The van der Waals surface area contributed by atoms with E-state index in [0.29, 0.717) is 6.42 Å². The molecule has 4 aliphatic rings. The van der Waals surface area contributed by atoms with E-state index in [1.165, 1.54) is 68.3 Å². The van der Waals surface area contributed by atoms with Gasteiger partial charge in [0.25, 0.3) is 0 Å². The lowest BCUT2D eigenvalue weighted by atomic mass is 9.69. The lowest BCUT2D eigenvalue weighted by molar-refractivity contribution is 0.0809. The van der Waals surface area contributed by atoms with Crippen LogP contribution in [0.3, 0.4) is 0 Å². The van der Waals surface area contributed by atoms with Crippen molar-refractivity contribution in [3.8, 4) is 17.2 Å². The molecule has 1 saturated heterocycles. The fourth-order valence-corrected chi connectivity index (χ4v) is 7.23. The predicted molar refractivity (Wildman–Crippen MR) is 158 cm³/mol. The average Bonchev–Trinajstić information content (AvgIpc) is 3.22. The van der Waals surface area contributed by atoms with Crippen molar-refractivity contribution in [3.63, 3.8) is 0 Å². The summed E-state index contributed by atoms with van der Waals surface area (Å²) in [4.78, 5) is 5.17. The number of benzene rings is 2. The van der Waals surface area contributed by atoms with Crippen molar-refractivity contribution in [2.75, 3.05) is 39.9 Å². The van der Waals surface area contributed by atoms with E-state index in [2.05, 4.69) is 46.2 Å². The van der Waals surface area contributed by atoms with Crippen molar-refractivity contribution in [3.05, 3.63) is 65.2 Å². The van der Waals surface area contributed by atoms with E-state index in [1.54, 1.807) is 7.11 Å². The first-order chi connectivity index (χ1) is 19.6. The number of aliphatic hydroxyl groups excluding tert-OH is 1. The molecule has 1 aliphatic carbocycles. The van der Waals surface area contributed by atoms with Gasteiger partial charge >= 0.3 is 0 Å². The van der Waals surface area contributed by atoms with Crippen LogP contribution in [0.5, 0.6) is 17.2 Å². The SMILES string of the molecule is COc1ccc2c3c1O[C@H]1CC(O)C=C[C@@]31CCN(CCCCCCOc1ccc(CN3CCCCC3)cc1)C2. The number of hydrogen-bond donors (Lipinski definition) is 1. The third-order valence-corrected chi connectivity index (χ3v) is 9.45. The van der Waals surface area contributed by atoms with Crippen LogP contribution in [0.25, 0.3) is 0 Å². The number of aliphatic hydroxyl groups is 1. The van der Waals surface area contributed by atoms with Gasteiger partial charge in [-0.2, -0.15) is 0 Å². The molecule has 1 unspecified atom stereocenters. The van der Waals surface area contributed by atoms with Crippen molar-refractivity contribution in [1.29, 1.82) is 0 Å². The molecule has 0 aromatic heterocycles. The molecule has 0 saturated carbocycles. The third-order valence-electron chi connectivity index (χ3n) is 9.45. The molecule has 6 heteroatoms. The van der Waals surface area contributed by atoms with Gasteiger partial charge in [0.15, 0.2) is 11.5 Å². The Hall–Kier alpha value is -2.54.